The van der Waals surface area contributed by atoms with Crippen molar-refractivity contribution in [3.8, 4) is 0 Å². The van der Waals surface area contributed by atoms with Gasteiger partial charge in [-0.05, 0) is 11.6 Å². The third-order valence-electron chi connectivity index (χ3n) is 3.11. The Bertz CT molecular complexity index is 631. The van der Waals surface area contributed by atoms with E-state index in [2.05, 4.69) is 11.6 Å². The summed E-state index contributed by atoms with van der Waals surface area (Å²) in [5.74, 6) is -0.682. The SMILES string of the molecule is C=C(C(=O)OCC(Cl)c1ccccc1)C(O)c1cccnc1. The number of alkyl halides is 1. The van der Waals surface area contributed by atoms with Crippen molar-refractivity contribution in [1.29, 1.82) is 0 Å². The average Bonchev–Trinajstić information content (AvgIpc) is 2.59. The minimum Gasteiger partial charge on any atom is -0.460 e. The number of esters is 1. The lowest BCUT2D eigenvalue weighted by Gasteiger charge is -2.15. The molecule has 2 atom stereocenters. The smallest absolute Gasteiger partial charge is 0.336 e. The van der Waals surface area contributed by atoms with Gasteiger partial charge >= 0.3 is 5.97 Å². The van der Waals surface area contributed by atoms with Gasteiger partial charge < -0.3 is 9.84 Å². The summed E-state index contributed by atoms with van der Waals surface area (Å²) in [4.78, 5) is 15.8. The molecule has 0 radical (unpaired) electrons. The molecular weight excluding hydrogens is 302 g/mol. The van der Waals surface area contributed by atoms with Crippen molar-refractivity contribution < 1.29 is 14.6 Å². The molecule has 0 amide bonds. The highest BCUT2D eigenvalue weighted by Crippen LogP contribution is 2.23. The van der Waals surface area contributed by atoms with E-state index in [1.54, 1.807) is 18.3 Å². The number of pyridine rings is 1. The third-order valence-corrected chi connectivity index (χ3v) is 3.49. The molecule has 114 valence electrons. The molecule has 1 heterocycles. The topological polar surface area (TPSA) is 59.4 Å². The van der Waals surface area contributed by atoms with Crippen LogP contribution in [0.5, 0.6) is 0 Å². The lowest BCUT2D eigenvalue weighted by molar-refractivity contribution is -0.140. The van der Waals surface area contributed by atoms with Crippen LogP contribution in [0.1, 0.15) is 22.6 Å². The number of carbonyl (C=O) groups excluding carboxylic acids is 1. The summed E-state index contributed by atoms with van der Waals surface area (Å²) < 4.78 is 5.11. The number of benzene rings is 1. The van der Waals surface area contributed by atoms with E-state index in [1.165, 1.54) is 6.20 Å². The number of nitrogens with zero attached hydrogens (tertiary/aromatic N) is 1. The van der Waals surface area contributed by atoms with Crippen LogP contribution in [0.4, 0.5) is 0 Å². The van der Waals surface area contributed by atoms with Crippen LogP contribution in [0.2, 0.25) is 0 Å². The molecule has 0 fully saturated rings. The normalized spacial score (nSPS) is 13.2. The standard InChI is InChI=1S/C17H16ClNO3/c1-12(16(20)14-8-5-9-19-10-14)17(21)22-11-15(18)13-6-3-2-4-7-13/h2-10,15-16,20H,1,11H2. The van der Waals surface area contributed by atoms with Gasteiger partial charge in [0.15, 0.2) is 0 Å². The van der Waals surface area contributed by atoms with E-state index < -0.39 is 17.5 Å². The summed E-state index contributed by atoms with van der Waals surface area (Å²) in [6, 6.07) is 12.6. The first-order valence-corrected chi connectivity index (χ1v) is 7.16. The molecule has 5 heteroatoms. The quantitative estimate of drug-likeness (QED) is 0.505. The zero-order valence-corrected chi connectivity index (χ0v) is 12.6. The summed E-state index contributed by atoms with van der Waals surface area (Å²) in [7, 11) is 0. The first kappa shape index (κ1) is 16.2. The zero-order chi connectivity index (χ0) is 15.9. The van der Waals surface area contributed by atoms with E-state index in [0.717, 1.165) is 5.56 Å². The molecule has 0 spiro atoms. The molecule has 22 heavy (non-hydrogen) atoms. The van der Waals surface area contributed by atoms with Crippen LogP contribution in [-0.4, -0.2) is 22.7 Å². The molecule has 0 aliphatic heterocycles. The molecule has 0 saturated carbocycles. The monoisotopic (exact) mass is 317 g/mol. The number of hydrogen-bond acceptors (Lipinski definition) is 4. The minimum absolute atomic E-state index is 0.00316. The van der Waals surface area contributed by atoms with Crippen LogP contribution in [0.15, 0.2) is 67.0 Å². The number of aliphatic hydroxyl groups is 1. The highest BCUT2D eigenvalue weighted by molar-refractivity contribution is 6.21. The minimum atomic E-state index is -1.15. The number of ether oxygens (including phenoxy) is 1. The maximum atomic E-state index is 11.9. The Labute approximate surface area is 134 Å². The molecule has 2 unspecified atom stereocenters. The Morgan fingerprint density at radius 1 is 1.23 bits per heavy atom. The average molecular weight is 318 g/mol. The number of aromatic nitrogens is 1. The van der Waals surface area contributed by atoms with Crippen LogP contribution < -0.4 is 0 Å². The van der Waals surface area contributed by atoms with Gasteiger partial charge in [-0.15, -0.1) is 11.6 Å². The van der Waals surface area contributed by atoms with Gasteiger partial charge in [0.2, 0.25) is 0 Å². The Kier molecular flexibility index (Phi) is 5.69. The van der Waals surface area contributed by atoms with Gasteiger partial charge in [0, 0.05) is 18.0 Å². The molecule has 0 aliphatic rings. The fourth-order valence-electron chi connectivity index (χ4n) is 1.85. The first-order valence-electron chi connectivity index (χ1n) is 6.72. The van der Waals surface area contributed by atoms with E-state index in [4.69, 9.17) is 16.3 Å². The van der Waals surface area contributed by atoms with E-state index in [-0.39, 0.29) is 12.2 Å². The van der Waals surface area contributed by atoms with Crippen LogP contribution in [-0.2, 0) is 9.53 Å². The van der Waals surface area contributed by atoms with Gasteiger partial charge in [-0.2, -0.15) is 0 Å². The number of halogens is 1. The van der Waals surface area contributed by atoms with E-state index >= 15 is 0 Å². The molecular formula is C17H16ClNO3. The second-order valence-electron chi connectivity index (χ2n) is 4.69. The van der Waals surface area contributed by atoms with Gasteiger partial charge in [-0.25, -0.2) is 4.79 Å². The predicted molar refractivity (Wildman–Crippen MR) is 84.3 cm³/mol. The molecule has 1 aromatic carbocycles. The fraction of sp³-hybridized carbons (Fsp3) is 0.176. The number of aliphatic hydroxyl groups excluding tert-OH is 1. The largest absolute Gasteiger partial charge is 0.460 e. The van der Waals surface area contributed by atoms with E-state index in [9.17, 15) is 9.90 Å². The Morgan fingerprint density at radius 3 is 2.55 bits per heavy atom. The van der Waals surface area contributed by atoms with E-state index in [1.807, 2.05) is 30.3 Å². The van der Waals surface area contributed by atoms with Crippen LogP contribution >= 0.6 is 11.6 Å². The first-order chi connectivity index (χ1) is 10.6. The molecule has 4 nitrogen and oxygen atoms in total. The Morgan fingerprint density at radius 2 is 1.91 bits per heavy atom. The van der Waals surface area contributed by atoms with Crippen LogP contribution in [0, 0.1) is 0 Å². The lowest BCUT2D eigenvalue weighted by Crippen LogP contribution is -2.16. The van der Waals surface area contributed by atoms with Crippen LogP contribution in [0.3, 0.4) is 0 Å². The lowest BCUT2D eigenvalue weighted by atomic mass is 10.1. The van der Waals surface area contributed by atoms with Gasteiger partial charge in [0.1, 0.15) is 12.7 Å². The van der Waals surface area contributed by atoms with E-state index in [0.29, 0.717) is 5.56 Å². The molecule has 1 aromatic heterocycles. The van der Waals surface area contributed by atoms with Crippen molar-refractivity contribution in [1.82, 2.24) is 4.98 Å². The Hall–Kier alpha value is -2.17. The second-order valence-corrected chi connectivity index (χ2v) is 5.22. The second kappa shape index (κ2) is 7.73. The third kappa shape index (κ3) is 4.16. The fourth-order valence-corrected chi connectivity index (χ4v) is 2.06. The van der Waals surface area contributed by atoms with Crippen molar-refractivity contribution in [2.75, 3.05) is 6.61 Å². The summed E-state index contributed by atoms with van der Waals surface area (Å²) in [6.45, 7) is 3.59. The van der Waals surface area contributed by atoms with Gasteiger partial charge in [0.25, 0.3) is 0 Å². The highest BCUT2D eigenvalue weighted by Gasteiger charge is 2.21. The zero-order valence-electron chi connectivity index (χ0n) is 11.9. The number of rotatable bonds is 6. The molecule has 1 N–H and O–H groups in total. The summed E-state index contributed by atoms with van der Waals surface area (Å²) >= 11 is 6.17. The van der Waals surface area contributed by atoms with Gasteiger partial charge in [-0.1, -0.05) is 43.0 Å². The number of hydrogen-bond donors (Lipinski definition) is 1. The van der Waals surface area contributed by atoms with Crippen molar-refractivity contribution in [3.63, 3.8) is 0 Å². The summed E-state index contributed by atoms with van der Waals surface area (Å²) in [5, 5.41) is 9.62. The molecule has 0 bridgehead atoms. The van der Waals surface area contributed by atoms with Crippen molar-refractivity contribution in [2.45, 2.75) is 11.5 Å². The van der Waals surface area contributed by atoms with Crippen molar-refractivity contribution in [3.05, 3.63) is 78.1 Å². The summed E-state index contributed by atoms with van der Waals surface area (Å²) in [5.41, 5.74) is 1.29. The van der Waals surface area contributed by atoms with Crippen LogP contribution in [0.25, 0.3) is 0 Å². The summed E-state index contributed by atoms with van der Waals surface area (Å²) in [6.07, 6.45) is 1.90. The van der Waals surface area contributed by atoms with Crippen molar-refractivity contribution in [2.24, 2.45) is 0 Å². The molecule has 0 aliphatic carbocycles. The molecule has 2 aromatic rings. The Balaban J connectivity index is 1.91. The maximum absolute atomic E-state index is 11.9. The van der Waals surface area contributed by atoms with Gasteiger partial charge in [-0.3, -0.25) is 4.98 Å². The van der Waals surface area contributed by atoms with Gasteiger partial charge in [0.05, 0.1) is 11.0 Å². The maximum Gasteiger partial charge on any atom is 0.336 e. The number of carbonyl (C=O) groups is 1. The molecule has 2 rings (SSSR count). The molecule has 0 saturated heterocycles. The highest BCUT2D eigenvalue weighted by atomic mass is 35.5. The predicted octanol–water partition coefficient (Wildman–Crippen LogP) is 3.19. The van der Waals surface area contributed by atoms with Crippen molar-refractivity contribution >= 4 is 17.6 Å².